The normalized spacial score (nSPS) is 19.2. The van der Waals surface area contributed by atoms with Crippen molar-refractivity contribution in [1.82, 2.24) is 0 Å². The topological polar surface area (TPSA) is 46.6 Å². The molecule has 4 nitrogen and oxygen atoms in total. The highest BCUT2D eigenvalue weighted by Gasteiger charge is 2.36. The lowest BCUT2D eigenvalue weighted by Gasteiger charge is -2.17. The molecule has 1 aliphatic rings. The second-order valence-electron chi connectivity index (χ2n) is 4.02. The number of esters is 1. The number of nitrogens with zero attached hydrogens (tertiary/aromatic N) is 1. The molecule has 1 aromatic carbocycles. The Morgan fingerprint density at radius 2 is 2.28 bits per heavy atom. The van der Waals surface area contributed by atoms with Gasteiger partial charge in [0.1, 0.15) is 5.82 Å². The Kier molecular flexibility index (Phi) is 3.84. The predicted octanol–water partition coefficient (Wildman–Crippen LogP) is 1.96. The van der Waals surface area contributed by atoms with Gasteiger partial charge in [-0.1, -0.05) is 0 Å². The summed E-state index contributed by atoms with van der Waals surface area (Å²) in [6.45, 7) is 0.170. The summed E-state index contributed by atoms with van der Waals surface area (Å²) in [4.78, 5) is 24.5. The predicted molar refractivity (Wildman–Crippen MR) is 71.6 cm³/mol. The first-order chi connectivity index (χ1) is 8.52. The largest absolute Gasteiger partial charge is 0.469 e. The first kappa shape index (κ1) is 13.3. The third-order valence-electron chi connectivity index (χ3n) is 2.86. The van der Waals surface area contributed by atoms with Crippen LogP contribution < -0.4 is 4.90 Å². The summed E-state index contributed by atoms with van der Waals surface area (Å²) >= 11 is 1.99. The molecule has 1 fully saturated rings. The molecule has 0 aromatic heterocycles. The van der Waals surface area contributed by atoms with Crippen LogP contribution >= 0.6 is 22.6 Å². The number of hydrogen-bond donors (Lipinski definition) is 0. The number of halogens is 2. The van der Waals surface area contributed by atoms with E-state index in [9.17, 15) is 14.0 Å². The summed E-state index contributed by atoms with van der Waals surface area (Å²) < 4.78 is 19.1. The highest BCUT2D eigenvalue weighted by atomic mass is 127. The summed E-state index contributed by atoms with van der Waals surface area (Å²) in [5, 5.41) is 0. The van der Waals surface area contributed by atoms with Crippen LogP contribution in [0.2, 0.25) is 0 Å². The smallest absolute Gasteiger partial charge is 0.311 e. The third kappa shape index (κ3) is 2.47. The van der Waals surface area contributed by atoms with Gasteiger partial charge in [0.2, 0.25) is 5.91 Å². The first-order valence-electron chi connectivity index (χ1n) is 5.36. The molecule has 0 N–H and O–H groups in total. The van der Waals surface area contributed by atoms with Crippen LogP contribution in [0.1, 0.15) is 6.42 Å². The van der Waals surface area contributed by atoms with Crippen LogP contribution in [-0.4, -0.2) is 25.5 Å². The number of rotatable bonds is 2. The Morgan fingerprint density at radius 3 is 2.89 bits per heavy atom. The number of carbonyl (C=O) groups is 2. The van der Waals surface area contributed by atoms with Crippen LogP contribution in [0.15, 0.2) is 18.2 Å². The molecule has 0 saturated carbocycles. The van der Waals surface area contributed by atoms with E-state index >= 15 is 0 Å². The zero-order chi connectivity index (χ0) is 13.3. The fourth-order valence-electron chi connectivity index (χ4n) is 1.97. The minimum absolute atomic E-state index is 0.0676. The van der Waals surface area contributed by atoms with Crippen molar-refractivity contribution in [3.63, 3.8) is 0 Å². The molecule has 1 aromatic rings. The maximum absolute atomic E-state index is 13.8. The summed E-state index contributed by atoms with van der Waals surface area (Å²) in [7, 11) is 1.28. The van der Waals surface area contributed by atoms with Gasteiger partial charge in [-0.25, -0.2) is 4.39 Å². The second kappa shape index (κ2) is 5.21. The van der Waals surface area contributed by atoms with Crippen molar-refractivity contribution >= 4 is 40.2 Å². The lowest BCUT2D eigenvalue weighted by molar-refractivity contribution is -0.145. The average Bonchev–Trinajstić information content (AvgIpc) is 2.70. The molecule has 1 saturated heterocycles. The molecule has 6 heteroatoms. The van der Waals surface area contributed by atoms with Crippen LogP contribution in [0, 0.1) is 15.3 Å². The fourth-order valence-corrected chi connectivity index (χ4v) is 2.42. The first-order valence-corrected chi connectivity index (χ1v) is 6.44. The van der Waals surface area contributed by atoms with Crippen molar-refractivity contribution in [1.29, 1.82) is 0 Å². The highest BCUT2D eigenvalue weighted by molar-refractivity contribution is 14.1. The summed E-state index contributed by atoms with van der Waals surface area (Å²) in [6.07, 6.45) is 0.0676. The maximum atomic E-state index is 13.8. The lowest BCUT2D eigenvalue weighted by Crippen LogP contribution is -2.27. The Hall–Kier alpha value is -1.18. The zero-order valence-corrected chi connectivity index (χ0v) is 11.8. The minimum atomic E-state index is -0.513. The van der Waals surface area contributed by atoms with E-state index in [1.807, 2.05) is 22.6 Å². The monoisotopic (exact) mass is 363 g/mol. The number of amides is 1. The molecule has 1 amide bonds. The van der Waals surface area contributed by atoms with Crippen molar-refractivity contribution in [2.24, 2.45) is 5.92 Å². The van der Waals surface area contributed by atoms with Crippen LogP contribution in [-0.2, 0) is 14.3 Å². The quantitative estimate of drug-likeness (QED) is 0.596. The fraction of sp³-hybridized carbons (Fsp3) is 0.333. The second-order valence-corrected chi connectivity index (χ2v) is 5.27. The molecule has 96 valence electrons. The molecule has 0 aliphatic carbocycles. The van der Waals surface area contributed by atoms with E-state index in [0.717, 1.165) is 3.57 Å². The average molecular weight is 363 g/mol. The zero-order valence-electron chi connectivity index (χ0n) is 9.65. The Morgan fingerprint density at radius 1 is 1.56 bits per heavy atom. The van der Waals surface area contributed by atoms with Gasteiger partial charge in [-0.2, -0.15) is 0 Å². The molecular formula is C12H11FINO3. The molecule has 0 radical (unpaired) electrons. The van der Waals surface area contributed by atoms with E-state index in [1.54, 1.807) is 12.1 Å². The number of benzene rings is 1. The number of hydrogen-bond acceptors (Lipinski definition) is 3. The van der Waals surface area contributed by atoms with Crippen LogP contribution in [0.4, 0.5) is 10.1 Å². The van der Waals surface area contributed by atoms with Crippen molar-refractivity contribution in [3.8, 4) is 0 Å². The minimum Gasteiger partial charge on any atom is -0.469 e. The Bertz CT molecular complexity index is 506. The van der Waals surface area contributed by atoms with Crippen LogP contribution in [0.25, 0.3) is 0 Å². The van der Waals surface area contributed by atoms with Gasteiger partial charge in [0.05, 0.1) is 18.7 Å². The molecule has 1 unspecified atom stereocenters. The van der Waals surface area contributed by atoms with Crippen LogP contribution in [0.5, 0.6) is 0 Å². The van der Waals surface area contributed by atoms with E-state index in [1.165, 1.54) is 18.1 Å². The van der Waals surface area contributed by atoms with Gasteiger partial charge in [0.15, 0.2) is 0 Å². The van der Waals surface area contributed by atoms with Crippen LogP contribution in [0.3, 0.4) is 0 Å². The standard InChI is InChI=1S/C12H11FINO3/c1-18-12(17)7-4-11(16)15(6-7)10-3-2-8(14)5-9(10)13/h2-3,5,7H,4,6H2,1H3. The molecule has 18 heavy (non-hydrogen) atoms. The SMILES string of the molecule is COC(=O)C1CC(=O)N(c2ccc(I)cc2F)C1. The molecule has 1 heterocycles. The van der Waals surface area contributed by atoms with Gasteiger partial charge in [0, 0.05) is 16.5 Å². The van der Waals surface area contributed by atoms with E-state index in [2.05, 4.69) is 4.74 Å². The van der Waals surface area contributed by atoms with Crippen molar-refractivity contribution in [2.75, 3.05) is 18.6 Å². The van der Waals surface area contributed by atoms with Gasteiger partial charge >= 0.3 is 5.97 Å². The summed E-state index contributed by atoms with van der Waals surface area (Å²) in [5.41, 5.74) is 0.215. The highest BCUT2D eigenvalue weighted by Crippen LogP contribution is 2.28. The Balaban J connectivity index is 2.24. The van der Waals surface area contributed by atoms with Gasteiger partial charge in [-0.05, 0) is 40.8 Å². The van der Waals surface area contributed by atoms with E-state index in [4.69, 9.17) is 0 Å². The number of anilines is 1. The number of carbonyl (C=O) groups excluding carboxylic acids is 2. The molecule has 1 atom stereocenters. The van der Waals surface area contributed by atoms with E-state index in [0.29, 0.717) is 0 Å². The molecule has 1 aliphatic heterocycles. The third-order valence-corrected chi connectivity index (χ3v) is 3.53. The molecular weight excluding hydrogens is 352 g/mol. The number of ether oxygens (including phenoxy) is 1. The summed E-state index contributed by atoms with van der Waals surface area (Å²) in [5.74, 6) is -1.66. The number of methoxy groups -OCH3 is 1. The van der Waals surface area contributed by atoms with Gasteiger partial charge in [0.25, 0.3) is 0 Å². The van der Waals surface area contributed by atoms with Crippen molar-refractivity contribution in [3.05, 3.63) is 27.6 Å². The van der Waals surface area contributed by atoms with E-state index in [-0.39, 0.29) is 24.6 Å². The van der Waals surface area contributed by atoms with E-state index < -0.39 is 17.7 Å². The maximum Gasteiger partial charge on any atom is 0.311 e. The van der Waals surface area contributed by atoms with Crippen molar-refractivity contribution in [2.45, 2.75) is 6.42 Å². The lowest BCUT2D eigenvalue weighted by atomic mass is 10.1. The van der Waals surface area contributed by atoms with Gasteiger partial charge in [-0.15, -0.1) is 0 Å². The molecule has 0 spiro atoms. The summed E-state index contributed by atoms with van der Waals surface area (Å²) in [6, 6.07) is 4.63. The Labute approximate surface area is 117 Å². The van der Waals surface area contributed by atoms with Gasteiger partial charge < -0.3 is 9.64 Å². The molecule has 2 rings (SSSR count). The molecule has 0 bridgehead atoms. The van der Waals surface area contributed by atoms with Crippen molar-refractivity contribution < 1.29 is 18.7 Å². The van der Waals surface area contributed by atoms with Gasteiger partial charge in [-0.3, -0.25) is 9.59 Å².